The first kappa shape index (κ1) is 17.3. The number of carbonyl (C=O) groups is 1. The zero-order valence-corrected chi connectivity index (χ0v) is 13.9. The van der Waals surface area contributed by atoms with Crippen LogP contribution in [-0.4, -0.2) is 37.0 Å². The summed E-state index contributed by atoms with van der Waals surface area (Å²) in [5.41, 5.74) is 2.09. The predicted octanol–water partition coefficient (Wildman–Crippen LogP) is 3.30. The highest BCUT2D eigenvalue weighted by atomic mass is 19.2. The summed E-state index contributed by atoms with van der Waals surface area (Å²) in [7, 11) is 0. The van der Waals surface area contributed by atoms with Crippen molar-refractivity contribution in [2.24, 2.45) is 0 Å². The molecule has 25 heavy (non-hydrogen) atoms. The fraction of sp³-hybridized carbons (Fsp3) is 0.316. The Morgan fingerprint density at radius 3 is 2.32 bits per heavy atom. The molecule has 3 rings (SSSR count). The van der Waals surface area contributed by atoms with Crippen molar-refractivity contribution in [1.82, 2.24) is 4.90 Å². The lowest BCUT2D eigenvalue weighted by Gasteiger charge is -2.36. The van der Waals surface area contributed by atoms with Gasteiger partial charge in [0, 0.05) is 26.2 Å². The summed E-state index contributed by atoms with van der Waals surface area (Å²) >= 11 is 0. The third-order valence-corrected chi connectivity index (χ3v) is 4.59. The van der Waals surface area contributed by atoms with E-state index < -0.39 is 17.5 Å². The van der Waals surface area contributed by atoms with Crippen molar-refractivity contribution in [3.05, 3.63) is 65.0 Å². The largest absolute Gasteiger partial charge is 0.366 e. The molecule has 0 saturated carbocycles. The number of anilines is 1. The molecule has 0 aromatic heterocycles. The number of amides is 1. The molecule has 1 fully saturated rings. The van der Waals surface area contributed by atoms with Crippen molar-refractivity contribution in [1.29, 1.82) is 0 Å². The first-order chi connectivity index (χ1) is 12.0. The average molecular weight is 348 g/mol. The number of nitrogens with zero attached hydrogens (tertiary/aromatic N) is 2. The molecule has 1 aliphatic rings. The van der Waals surface area contributed by atoms with Gasteiger partial charge in [0.05, 0.1) is 12.1 Å². The van der Waals surface area contributed by atoms with Crippen LogP contribution in [0.4, 0.5) is 18.9 Å². The number of piperazine rings is 1. The van der Waals surface area contributed by atoms with Crippen molar-refractivity contribution in [2.45, 2.75) is 13.3 Å². The maximum atomic E-state index is 13.9. The third kappa shape index (κ3) is 3.62. The molecular formula is C19H19F3N2O. The zero-order valence-electron chi connectivity index (χ0n) is 13.9. The van der Waals surface area contributed by atoms with Crippen molar-refractivity contribution in [2.75, 3.05) is 31.1 Å². The highest BCUT2D eigenvalue weighted by Crippen LogP contribution is 2.24. The topological polar surface area (TPSA) is 23.6 Å². The molecule has 0 bridgehead atoms. The van der Waals surface area contributed by atoms with Gasteiger partial charge >= 0.3 is 0 Å². The average Bonchev–Trinajstić information content (AvgIpc) is 2.62. The van der Waals surface area contributed by atoms with E-state index in [-0.39, 0.29) is 11.6 Å². The number of halogens is 3. The van der Waals surface area contributed by atoms with Crippen molar-refractivity contribution in [3.8, 4) is 0 Å². The summed E-state index contributed by atoms with van der Waals surface area (Å²) in [5, 5.41) is 0. The van der Waals surface area contributed by atoms with Crippen LogP contribution in [0.1, 0.15) is 11.1 Å². The molecule has 132 valence electrons. The molecule has 0 spiro atoms. The van der Waals surface area contributed by atoms with E-state index in [4.69, 9.17) is 0 Å². The monoisotopic (exact) mass is 348 g/mol. The number of rotatable bonds is 3. The Labute approximate surface area is 144 Å². The van der Waals surface area contributed by atoms with Crippen LogP contribution in [0.2, 0.25) is 0 Å². The predicted molar refractivity (Wildman–Crippen MR) is 90.0 cm³/mol. The lowest BCUT2D eigenvalue weighted by Crippen LogP contribution is -2.49. The quantitative estimate of drug-likeness (QED) is 0.795. The van der Waals surface area contributed by atoms with E-state index in [1.165, 1.54) is 6.07 Å². The number of hydrogen-bond acceptors (Lipinski definition) is 2. The van der Waals surface area contributed by atoms with E-state index in [1.54, 1.807) is 9.80 Å². The van der Waals surface area contributed by atoms with Gasteiger partial charge < -0.3 is 9.80 Å². The van der Waals surface area contributed by atoms with Gasteiger partial charge in [0.1, 0.15) is 0 Å². The summed E-state index contributed by atoms with van der Waals surface area (Å²) in [5.74, 6) is -3.83. The summed E-state index contributed by atoms with van der Waals surface area (Å²) in [6.07, 6.45) is 0.326. The molecule has 0 unspecified atom stereocenters. The van der Waals surface area contributed by atoms with Gasteiger partial charge in [0.25, 0.3) is 0 Å². The van der Waals surface area contributed by atoms with Gasteiger partial charge in [0.15, 0.2) is 17.5 Å². The zero-order chi connectivity index (χ0) is 18.0. The number of hydrogen-bond donors (Lipinski definition) is 0. The Morgan fingerprint density at radius 2 is 1.64 bits per heavy atom. The van der Waals surface area contributed by atoms with Gasteiger partial charge in [-0.05, 0) is 30.2 Å². The molecule has 1 amide bonds. The van der Waals surface area contributed by atoms with Crippen LogP contribution < -0.4 is 4.90 Å². The summed E-state index contributed by atoms with van der Waals surface area (Å²) in [4.78, 5) is 15.8. The van der Waals surface area contributed by atoms with E-state index in [1.807, 2.05) is 31.2 Å². The van der Waals surface area contributed by atoms with Gasteiger partial charge in [-0.1, -0.05) is 24.3 Å². The highest BCUT2D eigenvalue weighted by Gasteiger charge is 2.25. The molecule has 6 heteroatoms. The van der Waals surface area contributed by atoms with Gasteiger partial charge in [0.2, 0.25) is 5.91 Å². The Bertz CT molecular complexity index is 786. The normalized spacial score (nSPS) is 14.7. The van der Waals surface area contributed by atoms with E-state index in [0.29, 0.717) is 32.6 Å². The molecule has 3 nitrogen and oxygen atoms in total. The fourth-order valence-electron chi connectivity index (χ4n) is 3.04. The maximum Gasteiger partial charge on any atom is 0.227 e. The molecule has 1 aliphatic heterocycles. The van der Waals surface area contributed by atoms with Crippen molar-refractivity contribution in [3.63, 3.8) is 0 Å². The van der Waals surface area contributed by atoms with Crippen LogP contribution in [0.15, 0.2) is 36.4 Å². The summed E-state index contributed by atoms with van der Waals surface area (Å²) < 4.78 is 40.3. The van der Waals surface area contributed by atoms with E-state index in [9.17, 15) is 18.0 Å². The van der Waals surface area contributed by atoms with Crippen LogP contribution in [-0.2, 0) is 11.2 Å². The minimum Gasteiger partial charge on any atom is -0.366 e. The fourth-order valence-corrected chi connectivity index (χ4v) is 3.04. The van der Waals surface area contributed by atoms with E-state index >= 15 is 0 Å². The Morgan fingerprint density at radius 1 is 0.960 bits per heavy atom. The van der Waals surface area contributed by atoms with Crippen LogP contribution in [0.5, 0.6) is 0 Å². The van der Waals surface area contributed by atoms with Crippen LogP contribution in [0.3, 0.4) is 0 Å². The van der Waals surface area contributed by atoms with Crippen molar-refractivity contribution < 1.29 is 18.0 Å². The van der Waals surface area contributed by atoms with Crippen LogP contribution in [0.25, 0.3) is 0 Å². The van der Waals surface area contributed by atoms with Crippen molar-refractivity contribution >= 4 is 11.6 Å². The highest BCUT2D eigenvalue weighted by molar-refractivity contribution is 5.79. The second-order valence-corrected chi connectivity index (χ2v) is 6.17. The Hall–Kier alpha value is -2.50. The first-order valence-electron chi connectivity index (χ1n) is 8.18. The molecule has 0 atom stereocenters. The molecule has 2 aromatic carbocycles. The minimum atomic E-state index is -1.46. The minimum absolute atomic E-state index is 0.0136. The van der Waals surface area contributed by atoms with Gasteiger partial charge in [-0.3, -0.25) is 4.79 Å². The molecule has 0 radical (unpaired) electrons. The molecule has 1 heterocycles. The second kappa shape index (κ2) is 7.17. The molecule has 2 aromatic rings. The molecule has 1 saturated heterocycles. The van der Waals surface area contributed by atoms with Crippen LogP contribution >= 0.6 is 0 Å². The molecule has 0 aliphatic carbocycles. The Kier molecular flexibility index (Phi) is 4.97. The smallest absolute Gasteiger partial charge is 0.227 e. The molecule has 0 N–H and O–H groups in total. The number of benzene rings is 2. The lowest BCUT2D eigenvalue weighted by atomic mass is 10.1. The maximum absolute atomic E-state index is 13.9. The second-order valence-electron chi connectivity index (χ2n) is 6.17. The SMILES string of the molecule is Cc1ccccc1CC(=O)N1CCN(c2ccc(F)c(F)c2F)CC1. The van der Waals surface area contributed by atoms with E-state index in [2.05, 4.69) is 0 Å². The van der Waals surface area contributed by atoms with Gasteiger partial charge in [-0.15, -0.1) is 0 Å². The number of carbonyl (C=O) groups excluding carboxylic acids is 1. The first-order valence-corrected chi connectivity index (χ1v) is 8.18. The Balaban J connectivity index is 1.63. The van der Waals surface area contributed by atoms with Gasteiger partial charge in [-0.2, -0.15) is 0 Å². The third-order valence-electron chi connectivity index (χ3n) is 4.59. The van der Waals surface area contributed by atoms with Gasteiger partial charge in [-0.25, -0.2) is 13.2 Å². The standard InChI is InChI=1S/C19H19F3N2O/c1-13-4-2-3-5-14(13)12-17(25)24-10-8-23(9-11-24)16-7-6-15(20)18(21)19(16)22/h2-7H,8-12H2,1H3. The van der Waals surface area contributed by atoms with Crippen LogP contribution in [0, 0.1) is 24.4 Å². The summed E-state index contributed by atoms with van der Waals surface area (Å²) in [6.45, 7) is 3.56. The lowest BCUT2D eigenvalue weighted by molar-refractivity contribution is -0.130. The number of aryl methyl sites for hydroxylation is 1. The summed E-state index contributed by atoms with van der Waals surface area (Å²) in [6, 6.07) is 9.88. The van der Waals surface area contributed by atoms with E-state index in [0.717, 1.165) is 17.2 Å². The molecular weight excluding hydrogens is 329 g/mol.